The minimum Gasteiger partial charge on any atom is -0.471 e. The van der Waals surface area contributed by atoms with E-state index in [1.807, 2.05) is 44.0 Å². The van der Waals surface area contributed by atoms with Gasteiger partial charge < -0.3 is 14.5 Å². The van der Waals surface area contributed by atoms with Gasteiger partial charge in [-0.3, -0.25) is 4.79 Å². The lowest BCUT2D eigenvalue weighted by molar-refractivity contribution is 0.0591. The molecule has 10 heteroatoms. The lowest BCUT2D eigenvalue weighted by Gasteiger charge is -2.32. The Bertz CT molecular complexity index is 1500. The summed E-state index contributed by atoms with van der Waals surface area (Å²) < 4.78 is 35.9. The fourth-order valence-corrected chi connectivity index (χ4v) is 6.58. The highest BCUT2D eigenvalue weighted by Gasteiger charge is 2.34. The molecule has 1 amide bonds. The summed E-state index contributed by atoms with van der Waals surface area (Å²) in [5.41, 5.74) is 3.78. The van der Waals surface area contributed by atoms with Crippen LogP contribution in [0.25, 0.3) is 11.3 Å². The molecule has 212 valence electrons. The van der Waals surface area contributed by atoms with Crippen LogP contribution in [0, 0.1) is 19.8 Å². The highest BCUT2D eigenvalue weighted by molar-refractivity contribution is 7.92. The first kappa shape index (κ1) is 28.0. The maximum Gasteiger partial charge on any atom is 0.264 e. The SMILES string of the molecule is Cc1cccc(C)c1-c1cc2nc(n1)NS(=O)(=O)c1cccc(c1)C(=O)N1C[C@@H](CN(C)C[C@@H]1CCC(C)C)O2. The van der Waals surface area contributed by atoms with E-state index >= 15 is 0 Å². The number of nitrogens with zero attached hydrogens (tertiary/aromatic N) is 4. The Morgan fingerprint density at radius 1 is 1.02 bits per heavy atom. The van der Waals surface area contributed by atoms with Gasteiger partial charge in [-0.25, -0.2) is 18.1 Å². The van der Waals surface area contributed by atoms with Gasteiger partial charge in [-0.1, -0.05) is 38.1 Å². The predicted molar refractivity (Wildman–Crippen MR) is 155 cm³/mol. The van der Waals surface area contributed by atoms with Gasteiger partial charge in [0, 0.05) is 36.3 Å². The summed E-state index contributed by atoms with van der Waals surface area (Å²) in [6, 6.07) is 13.8. The lowest BCUT2D eigenvalue weighted by Crippen LogP contribution is -2.46. The quantitative estimate of drug-likeness (QED) is 0.498. The molecule has 5 rings (SSSR count). The molecule has 3 heterocycles. The first-order chi connectivity index (χ1) is 19.0. The van der Waals surface area contributed by atoms with Crippen molar-refractivity contribution < 1.29 is 17.9 Å². The van der Waals surface area contributed by atoms with Gasteiger partial charge in [0.15, 0.2) is 0 Å². The zero-order valence-electron chi connectivity index (χ0n) is 23.7. The van der Waals surface area contributed by atoms with Crippen molar-refractivity contribution >= 4 is 21.9 Å². The van der Waals surface area contributed by atoms with Crippen molar-refractivity contribution in [1.82, 2.24) is 19.8 Å². The number of amides is 1. The molecule has 2 aliphatic rings. The van der Waals surface area contributed by atoms with Gasteiger partial charge >= 0.3 is 0 Å². The Morgan fingerprint density at radius 2 is 1.75 bits per heavy atom. The van der Waals surface area contributed by atoms with Gasteiger partial charge in [-0.2, -0.15) is 4.98 Å². The minimum absolute atomic E-state index is 0.0247. The number of carbonyl (C=O) groups excluding carboxylic acids is 1. The molecule has 2 aliphatic heterocycles. The molecule has 0 aliphatic carbocycles. The Morgan fingerprint density at radius 3 is 2.48 bits per heavy atom. The van der Waals surface area contributed by atoms with E-state index in [0.717, 1.165) is 29.5 Å². The van der Waals surface area contributed by atoms with E-state index in [1.165, 1.54) is 12.1 Å². The zero-order chi connectivity index (χ0) is 28.6. The summed E-state index contributed by atoms with van der Waals surface area (Å²) in [5.74, 6) is 0.458. The average molecular weight is 564 g/mol. The van der Waals surface area contributed by atoms with E-state index < -0.39 is 10.0 Å². The molecule has 1 fully saturated rings. The maximum absolute atomic E-state index is 14.0. The molecule has 6 bridgehead atoms. The fraction of sp³-hybridized carbons (Fsp3) is 0.433. The van der Waals surface area contributed by atoms with Crippen LogP contribution in [0.3, 0.4) is 0 Å². The number of nitrogens with one attached hydrogen (secondary N) is 1. The topological polar surface area (TPSA) is 105 Å². The van der Waals surface area contributed by atoms with E-state index in [1.54, 1.807) is 18.2 Å². The molecule has 1 aromatic heterocycles. The van der Waals surface area contributed by atoms with Crippen LogP contribution in [0.5, 0.6) is 5.88 Å². The van der Waals surface area contributed by atoms with Crippen LogP contribution in [0.15, 0.2) is 53.4 Å². The van der Waals surface area contributed by atoms with Crippen molar-refractivity contribution in [2.75, 3.05) is 31.4 Å². The number of aryl methyl sites for hydroxylation is 2. The van der Waals surface area contributed by atoms with E-state index in [-0.39, 0.29) is 34.8 Å². The summed E-state index contributed by atoms with van der Waals surface area (Å²) in [5, 5.41) is 0. The average Bonchev–Trinajstić information content (AvgIpc) is 3.04. The molecular formula is C30H37N5O4S. The molecule has 1 N–H and O–H groups in total. The van der Waals surface area contributed by atoms with E-state index in [9.17, 15) is 13.2 Å². The molecule has 2 aromatic carbocycles. The monoisotopic (exact) mass is 563 g/mol. The molecule has 0 radical (unpaired) electrons. The van der Waals surface area contributed by atoms with Crippen LogP contribution in [0.1, 0.15) is 48.2 Å². The van der Waals surface area contributed by atoms with Crippen LogP contribution in [-0.2, 0) is 10.0 Å². The summed E-state index contributed by atoms with van der Waals surface area (Å²) >= 11 is 0. The Balaban J connectivity index is 1.66. The summed E-state index contributed by atoms with van der Waals surface area (Å²) in [6.07, 6.45) is 1.43. The van der Waals surface area contributed by atoms with Gasteiger partial charge in [0.1, 0.15) is 6.10 Å². The fourth-order valence-electron chi connectivity index (χ4n) is 5.59. The first-order valence-corrected chi connectivity index (χ1v) is 15.2. The van der Waals surface area contributed by atoms with Crippen molar-refractivity contribution in [1.29, 1.82) is 0 Å². The number of sulfonamides is 1. The third-order valence-electron chi connectivity index (χ3n) is 7.56. The van der Waals surface area contributed by atoms with Crippen molar-refractivity contribution in [3.8, 4) is 17.1 Å². The zero-order valence-corrected chi connectivity index (χ0v) is 24.5. The molecule has 1 saturated heterocycles. The van der Waals surface area contributed by atoms with E-state index in [4.69, 9.17) is 4.74 Å². The number of carbonyl (C=O) groups is 1. The van der Waals surface area contributed by atoms with Crippen LogP contribution >= 0.6 is 0 Å². The molecular weight excluding hydrogens is 526 g/mol. The second-order valence-electron chi connectivity index (χ2n) is 11.4. The summed E-state index contributed by atoms with van der Waals surface area (Å²) in [6.45, 7) is 9.97. The standard InChI is InChI=1S/C30H37N5O4S/c1-19(2)12-13-23-16-34(5)17-24-18-35(23)29(36)22-10-7-11-25(14-22)40(37,38)33-30-31-26(15-27(32-30)39-24)28-20(3)8-6-9-21(28)4/h6-11,14-15,19,23-24H,12-13,16-18H2,1-5H3,(H,31,32,33)/t23-,24+/m0/s1. The first-order valence-electron chi connectivity index (χ1n) is 13.7. The van der Waals surface area contributed by atoms with Crippen LogP contribution in [0.2, 0.25) is 0 Å². The highest BCUT2D eigenvalue weighted by atomic mass is 32.2. The molecule has 9 nitrogen and oxygen atoms in total. The number of hydrogen-bond acceptors (Lipinski definition) is 7. The van der Waals surface area contributed by atoms with Gasteiger partial charge in [0.2, 0.25) is 11.8 Å². The van der Waals surface area contributed by atoms with Gasteiger partial charge in [-0.05, 0) is 69.0 Å². The third kappa shape index (κ3) is 5.97. The van der Waals surface area contributed by atoms with Crippen LogP contribution in [-0.4, -0.2) is 72.9 Å². The number of rotatable bonds is 4. The molecule has 0 saturated carbocycles. The third-order valence-corrected chi connectivity index (χ3v) is 8.89. The van der Waals surface area contributed by atoms with Crippen molar-refractivity contribution in [3.63, 3.8) is 0 Å². The number of benzene rings is 2. The second kappa shape index (κ2) is 11.2. The normalized spacial score (nSPS) is 20.9. The molecule has 0 unspecified atom stereocenters. The molecule has 2 atom stereocenters. The van der Waals surface area contributed by atoms with Gasteiger partial charge in [-0.15, -0.1) is 0 Å². The van der Waals surface area contributed by atoms with Crippen molar-refractivity contribution in [2.45, 2.75) is 57.6 Å². The van der Waals surface area contributed by atoms with Crippen LogP contribution in [0.4, 0.5) is 5.95 Å². The molecule has 3 aromatic rings. The van der Waals surface area contributed by atoms with Gasteiger partial charge in [0.25, 0.3) is 15.9 Å². The molecule has 0 spiro atoms. The largest absolute Gasteiger partial charge is 0.471 e. The number of hydrogen-bond donors (Lipinski definition) is 1. The van der Waals surface area contributed by atoms with Crippen molar-refractivity contribution in [2.24, 2.45) is 5.92 Å². The smallest absolute Gasteiger partial charge is 0.264 e. The number of likely N-dealkylation sites (N-methyl/N-ethyl adjacent to an activating group) is 1. The number of aromatic nitrogens is 2. The van der Waals surface area contributed by atoms with E-state index in [0.29, 0.717) is 36.8 Å². The van der Waals surface area contributed by atoms with Crippen molar-refractivity contribution in [3.05, 3.63) is 65.2 Å². The Labute approximate surface area is 236 Å². The predicted octanol–water partition coefficient (Wildman–Crippen LogP) is 4.51. The Hall–Kier alpha value is -3.50. The lowest BCUT2D eigenvalue weighted by atomic mass is 10.00. The number of ether oxygens (including phenoxy) is 1. The molecule has 40 heavy (non-hydrogen) atoms. The maximum atomic E-state index is 14.0. The van der Waals surface area contributed by atoms with E-state index in [2.05, 4.69) is 33.4 Å². The Kier molecular flexibility index (Phi) is 7.83. The summed E-state index contributed by atoms with van der Waals surface area (Å²) in [4.78, 5) is 27.1. The summed E-state index contributed by atoms with van der Waals surface area (Å²) in [7, 11) is -2.04. The highest BCUT2D eigenvalue weighted by Crippen LogP contribution is 2.31. The minimum atomic E-state index is -4.08. The van der Waals surface area contributed by atoms with Crippen LogP contribution < -0.4 is 9.46 Å². The number of anilines is 1. The number of fused-ring (bicyclic) bond motifs is 6. The second-order valence-corrected chi connectivity index (χ2v) is 13.0. The van der Waals surface area contributed by atoms with Gasteiger partial charge in [0.05, 0.1) is 17.1 Å².